The van der Waals surface area contributed by atoms with E-state index < -0.39 is 5.91 Å². The Bertz CT molecular complexity index is 1180. The number of halogens is 2. The summed E-state index contributed by atoms with van der Waals surface area (Å²) in [5, 5.41) is 6.14. The predicted octanol–water partition coefficient (Wildman–Crippen LogP) is 4.60. The van der Waals surface area contributed by atoms with Crippen molar-refractivity contribution in [2.24, 2.45) is 5.18 Å². The lowest BCUT2D eigenvalue weighted by atomic mass is 10.1. The van der Waals surface area contributed by atoms with Crippen LogP contribution in [0.5, 0.6) is 5.75 Å². The molecule has 0 aliphatic carbocycles. The van der Waals surface area contributed by atoms with Crippen LogP contribution in [-0.4, -0.2) is 17.6 Å². The zero-order valence-corrected chi connectivity index (χ0v) is 18.8. The van der Waals surface area contributed by atoms with Gasteiger partial charge in [0, 0.05) is 35.9 Å². The van der Waals surface area contributed by atoms with Crippen molar-refractivity contribution in [3.8, 4) is 5.75 Å². The first-order chi connectivity index (χ1) is 15.4. The van der Waals surface area contributed by atoms with Crippen molar-refractivity contribution in [3.63, 3.8) is 0 Å². The van der Waals surface area contributed by atoms with E-state index >= 15 is 0 Å². The van der Waals surface area contributed by atoms with Gasteiger partial charge in [0.15, 0.2) is 0 Å². The molecule has 0 aliphatic rings. The van der Waals surface area contributed by atoms with E-state index in [0.29, 0.717) is 36.8 Å². The Balaban J connectivity index is 1.76. The average Bonchev–Trinajstić information content (AvgIpc) is 2.82. The van der Waals surface area contributed by atoms with Gasteiger partial charge in [0.05, 0.1) is 17.8 Å². The molecule has 3 aromatic rings. The number of benzene rings is 2. The molecule has 0 spiro atoms. The van der Waals surface area contributed by atoms with Crippen LogP contribution >= 0.6 is 23.2 Å². The molecule has 166 valence electrons. The highest BCUT2D eigenvalue weighted by Crippen LogP contribution is 2.20. The summed E-state index contributed by atoms with van der Waals surface area (Å²) in [7, 11) is 1.62. The number of pyridine rings is 1. The fourth-order valence-corrected chi connectivity index (χ4v) is 3.87. The molecule has 3 rings (SSSR count). The van der Waals surface area contributed by atoms with Crippen molar-refractivity contribution < 1.29 is 9.53 Å². The van der Waals surface area contributed by atoms with Gasteiger partial charge >= 0.3 is 5.91 Å². The van der Waals surface area contributed by atoms with Crippen molar-refractivity contribution in [1.82, 2.24) is 9.88 Å². The minimum absolute atomic E-state index is 0.0430. The van der Waals surface area contributed by atoms with Gasteiger partial charge in [-0.25, -0.2) is 0 Å². The Morgan fingerprint density at radius 1 is 1.06 bits per heavy atom. The molecular formula is C23H21Cl2N3O4. The molecule has 1 aromatic heterocycles. The minimum Gasteiger partial charge on any atom is -0.496 e. The summed E-state index contributed by atoms with van der Waals surface area (Å²) in [5.41, 5.74) is 2.36. The number of methoxy groups -OCH3 is 1. The molecule has 32 heavy (non-hydrogen) atoms. The van der Waals surface area contributed by atoms with Crippen molar-refractivity contribution in [2.45, 2.75) is 26.1 Å². The van der Waals surface area contributed by atoms with E-state index in [-0.39, 0.29) is 16.1 Å². The second kappa shape index (κ2) is 11.0. The first kappa shape index (κ1) is 23.7. The summed E-state index contributed by atoms with van der Waals surface area (Å²) in [6, 6.07) is 15.6. The van der Waals surface area contributed by atoms with E-state index in [1.54, 1.807) is 23.8 Å². The largest absolute Gasteiger partial charge is 0.496 e. The maximum absolute atomic E-state index is 12.7. The van der Waals surface area contributed by atoms with Crippen LogP contribution in [0.4, 0.5) is 0 Å². The number of ether oxygens (including phenoxy) is 1. The molecule has 1 amide bonds. The number of nitroso groups, excluding NO2 is 1. The Kier molecular flexibility index (Phi) is 8.16. The maximum Gasteiger partial charge on any atom is 0.316 e. The molecule has 0 aliphatic heterocycles. The van der Waals surface area contributed by atoms with Crippen LogP contribution in [0.15, 0.2) is 64.6 Å². The Labute approximate surface area is 194 Å². The van der Waals surface area contributed by atoms with Crippen LogP contribution < -0.4 is 15.6 Å². The number of hydrogen-bond donors (Lipinski definition) is 1. The van der Waals surface area contributed by atoms with E-state index in [0.717, 1.165) is 16.9 Å². The van der Waals surface area contributed by atoms with Crippen LogP contribution in [0, 0.1) is 4.91 Å². The van der Waals surface area contributed by atoms with Crippen LogP contribution in [0.1, 0.15) is 27.2 Å². The van der Waals surface area contributed by atoms with Gasteiger partial charge in [0.25, 0.3) is 5.56 Å². The molecule has 0 saturated carbocycles. The molecule has 7 nitrogen and oxygen atoms in total. The molecule has 0 saturated heterocycles. The monoisotopic (exact) mass is 473 g/mol. The van der Waals surface area contributed by atoms with Crippen LogP contribution in [0.3, 0.4) is 0 Å². The fraction of sp³-hybridized carbons (Fsp3) is 0.217. The van der Waals surface area contributed by atoms with Gasteiger partial charge in [-0.3, -0.25) is 9.59 Å². The van der Waals surface area contributed by atoms with Crippen molar-refractivity contribution >= 4 is 29.1 Å². The third kappa shape index (κ3) is 5.62. The highest BCUT2D eigenvalue weighted by atomic mass is 35.5. The first-order valence-electron chi connectivity index (χ1n) is 9.81. The number of nitrogens with one attached hydrogen (secondary N) is 1. The van der Waals surface area contributed by atoms with Gasteiger partial charge in [-0.2, -0.15) is 0 Å². The number of para-hydroxylation sites is 1. The van der Waals surface area contributed by atoms with Gasteiger partial charge in [-0.15, -0.1) is 4.91 Å². The van der Waals surface area contributed by atoms with Crippen LogP contribution in [0.25, 0.3) is 0 Å². The van der Waals surface area contributed by atoms with Crippen LogP contribution in [0.2, 0.25) is 10.0 Å². The number of aromatic nitrogens is 1. The van der Waals surface area contributed by atoms with E-state index in [1.807, 2.05) is 24.3 Å². The topological polar surface area (TPSA) is 89.8 Å². The zero-order valence-electron chi connectivity index (χ0n) is 17.3. The molecule has 0 unspecified atom stereocenters. The van der Waals surface area contributed by atoms with Gasteiger partial charge in [0.1, 0.15) is 10.8 Å². The SMILES string of the molecule is COc1ccccc1CNCc1c(Cl)cc(Cl)c(=O)n1CCc1ccc(C(=O)N=O)cc1. The smallest absolute Gasteiger partial charge is 0.316 e. The number of rotatable bonds is 9. The van der Waals surface area contributed by atoms with Gasteiger partial charge in [-0.1, -0.05) is 53.5 Å². The fourth-order valence-electron chi connectivity index (χ4n) is 3.33. The minimum atomic E-state index is -0.821. The second-order valence-electron chi connectivity index (χ2n) is 7.00. The van der Waals surface area contributed by atoms with E-state index in [4.69, 9.17) is 27.9 Å². The quantitative estimate of drug-likeness (QED) is 0.458. The van der Waals surface area contributed by atoms with Gasteiger partial charge in [-0.05, 0) is 36.2 Å². The van der Waals surface area contributed by atoms with Gasteiger partial charge < -0.3 is 14.6 Å². The Hall–Kier alpha value is -3.00. The standard InChI is InChI=1S/C23H21Cl2N3O4/c1-32-21-5-3-2-4-17(21)13-26-14-20-18(24)12-19(25)23(30)28(20)11-10-15-6-8-16(9-7-15)22(29)27-31/h2-9,12,26H,10-11,13-14H2,1H3. The molecule has 1 N–H and O–H groups in total. The van der Waals surface area contributed by atoms with E-state index in [9.17, 15) is 14.5 Å². The van der Waals surface area contributed by atoms with Crippen molar-refractivity contribution in [1.29, 1.82) is 0 Å². The Morgan fingerprint density at radius 3 is 2.47 bits per heavy atom. The molecule has 2 aromatic carbocycles. The number of nitrogens with zero attached hydrogens (tertiary/aromatic N) is 2. The molecule has 0 atom stereocenters. The predicted molar refractivity (Wildman–Crippen MR) is 125 cm³/mol. The Morgan fingerprint density at radius 2 is 1.78 bits per heavy atom. The molecular weight excluding hydrogens is 453 g/mol. The number of aryl methyl sites for hydroxylation is 1. The summed E-state index contributed by atoms with van der Waals surface area (Å²) < 4.78 is 6.91. The highest BCUT2D eigenvalue weighted by Gasteiger charge is 2.14. The maximum atomic E-state index is 12.7. The van der Waals surface area contributed by atoms with Gasteiger partial charge in [0.2, 0.25) is 0 Å². The lowest BCUT2D eigenvalue weighted by Crippen LogP contribution is -2.28. The number of amides is 1. The summed E-state index contributed by atoms with van der Waals surface area (Å²) in [5.74, 6) is -0.0518. The van der Waals surface area contributed by atoms with Crippen molar-refractivity contribution in [2.75, 3.05) is 7.11 Å². The summed E-state index contributed by atoms with van der Waals surface area (Å²) in [4.78, 5) is 34.4. The lowest BCUT2D eigenvalue weighted by molar-refractivity contribution is 0.100. The van der Waals surface area contributed by atoms with Crippen molar-refractivity contribution in [3.05, 3.63) is 102 Å². The summed E-state index contributed by atoms with van der Waals surface area (Å²) >= 11 is 12.5. The molecule has 1 heterocycles. The molecule has 0 bridgehead atoms. The second-order valence-corrected chi connectivity index (χ2v) is 7.82. The summed E-state index contributed by atoms with van der Waals surface area (Å²) in [6.07, 6.45) is 0.499. The number of hydrogen-bond acceptors (Lipinski definition) is 5. The van der Waals surface area contributed by atoms with E-state index in [1.165, 1.54) is 18.2 Å². The van der Waals surface area contributed by atoms with Crippen LogP contribution in [-0.2, 0) is 26.1 Å². The number of carbonyl (C=O) groups excluding carboxylic acids is 1. The molecule has 0 fully saturated rings. The molecule has 9 heteroatoms. The highest BCUT2D eigenvalue weighted by molar-refractivity contribution is 6.34. The third-order valence-electron chi connectivity index (χ3n) is 5.01. The number of carbonyl (C=O) groups is 1. The zero-order chi connectivity index (χ0) is 23.1. The molecule has 0 radical (unpaired) electrons. The third-order valence-corrected chi connectivity index (χ3v) is 5.61. The first-order valence-corrected chi connectivity index (χ1v) is 10.6. The van der Waals surface area contributed by atoms with E-state index in [2.05, 4.69) is 10.5 Å². The summed E-state index contributed by atoms with van der Waals surface area (Å²) in [6.45, 7) is 1.21. The normalized spacial score (nSPS) is 10.7. The average molecular weight is 474 g/mol. The lowest BCUT2D eigenvalue weighted by Gasteiger charge is -2.16.